The van der Waals surface area contributed by atoms with Gasteiger partial charge in [0.2, 0.25) is 0 Å². The third-order valence-corrected chi connectivity index (χ3v) is 4.56. The van der Waals surface area contributed by atoms with Crippen molar-refractivity contribution in [2.45, 2.75) is 6.04 Å². The molecule has 5 heteroatoms. The molecule has 1 aromatic heterocycles. The Morgan fingerprint density at radius 2 is 1.85 bits per heavy atom. The van der Waals surface area contributed by atoms with Crippen LogP contribution in [0.15, 0.2) is 51.4 Å². The van der Waals surface area contributed by atoms with Crippen molar-refractivity contribution in [2.24, 2.45) is 5.73 Å². The second-order valence-corrected chi connectivity index (χ2v) is 6.18. The lowest BCUT2D eigenvalue weighted by molar-refractivity contribution is 0.525. The minimum Gasteiger partial charge on any atom is -0.459 e. The number of halogens is 3. The highest BCUT2D eigenvalue weighted by molar-refractivity contribution is 9.10. The number of hydrogen-bond acceptors (Lipinski definition) is 2. The average molecular weight is 371 g/mol. The molecule has 0 aliphatic carbocycles. The van der Waals surface area contributed by atoms with Crippen LogP contribution >= 0.6 is 39.1 Å². The van der Waals surface area contributed by atoms with E-state index in [1.807, 2.05) is 30.3 Å². The average Bonchev–Trinajstić information content (AvgIpc) is 2.84. The predicted octanol–water partition coefficient (Wildman–Crippen LogP) is 5.55. The number of benzene rings is 2. The van der Waals surface area contributed by atoms with Gasteiger partial charge in [0.25, 0.3) is 0 Å². The van der Waals surface area contributed by atoms with Crippen LogP contribution in [0.3, 0.4) is 0 Å². The Morgan fingerprint density at radius 1 is 1.05 bits per heavy atom. The highest BCUT2D eigenvalue weighted by Crippen LogP contribution is 2.31. The lowest BCUT2D eigenvalue weighted by atomic mass is 10.1. The van der Waals surface area contributed by atoms with E-state index in [1.165, 1.54) is 0 Å². The van der Waals surface area contributed by atoms with Gasteiger partial charge in [0.05, 0.1) is 11.1 Å². The first-order chi connectivity index (χ1) is 9.54. The molecule has 2 aromatic carbocycles. The highest BCUT2D eigenvalue weighted by Gasteiger charge is 2.15. The van der Waals surface area contributed by atoms with Crippen LogP contribution in [-0.4, -0.2) is 0 Å². The fraction of sp³-hybridized carbons (Fsp3) is 0.0667. The zero-order valence-corrected chi connectivity index (χ0v) is 13.3. The van der Waals surface area contributed by atoms with E-state index in [4.69, 9.17) is 33.4 Å². The summed E-state index contributed by atoms with van der Waals surface area (Å²) in [5.41, 5.74) is 7.94. The Bertz CT molecular complexity index is 785. The topological polar surface area (TPSA) is 39.2 Å². The van der Waals surface area contributed by atoms with Crippen LogP contribution in [0.2, 0.25) is 10.0 Å². The molecular weight excluding hydrogens is 361 g/mol. The molecule has 3 rings (SSSR count). The molecule has 0 bridgehead atoms. The van der Waals surface area contributed by atoms with Crippen molar-refractivity contribution < 1.29 is 4.42 Å². The normalized spacial score (nSPS) is 12.8. The summed E-state index contributed by atoms with van der Waals surface area (Å²) in [5.74, 6) is 0.691. The molecule has 20 heavy (non-hydrogen) atoms. The standard InChI is InChI=1S/C15H10BrCl2NO/c16-11-6-8(1-3-12(11)18)15(19)14-7-9-5-10(17)2-4-13(9)20-14/h1-7,15H,19H2. The van der Waals surface area contributed by atoms with Gasteiger partial charge in [-0.15, -0.1) is 0 Å². The zero-order chi connectivity index (χ0) is 14.3. The monoisotopic (exact) mass is 369 g/mol. The summed E-state index contributed by atoms with van der Waals surface area (Å²) < 4.78 is 6.59. The Kier molecular flexibility index (Phi) is 3.78. The molecule has 0 saturated carbocycles. The second-order valence-electron chi connectivity index (χ2n) is 4.48. The van der Waals surface area contributed by atoms with Gasteiger partial charge in [-0.2, -0.15) is 0 Å². The van der Waals surface area contributed by atoms with Gasteiger partial charge < -0.3 is 10.2 Å². The van der Waals surface area contributed by atoms with Crippen molar-refractivity contribution in [2.75, 3.05) is 0 Å². The summed E-state index contributed by atoms with van der Waals surface area (Å²) >= 11 is 15.4. The molecule has 0 fully saturated rings. The summed E-state index contributed by atoms with van der Waals surface area (Å²) in [6.07, 6.45) is 0. The summed E-state index contributed by atoms with van der Waals surface area (Å²) in [4.78, 5) is 0. The second kappa shape index (κ2) is 5.41. The number of rotatable bonds is 2. The highest BCUT2D eigenvalue weighted by atomic mass is 79.9. The molecule has 0 radical (unpaired) electrons. The molecule has 1 heterocycles. The molecule has 0 spiro atoms. The first-order valence-electron chi connectivity index (χ1n) is 5.94. The van der Waals surface area contributed by atoms with E-state index in [0.29, 0.717) is 15.8 Å². The molecular formula is C15H10BrCl2NO. The molecule has 0 aliphatic heterocycles. The van der Waals surface area contributed by atoms with Gasteiger partial charge in [0, 0.05) is 14.9 Å². The predicted molar refractivity (Wildman–Crippen MR) is 86.4 cm³/mol. The van der Waals surface area contributed by atoms with Crippen LogP contribution < -0.4 is 5.73 Å². The Hall–Kier alpha value is -1.00. The fourth-order valence-electron chi connectivity index (χ4n) is 2.06. The Labute approximate surface area is 134 Å². The van der Waals surface area contributed by atoms with Gasteiger partial charge in [-0.3, -0.25) is 0 Å². The molecule has 2 N–H and O–H groups in total. The van der Waals surface area contributed by atoms with E-state index in [9.17, 15) is 0 Å². The van der Waals surface area contributed by atoms with Gasteiger partial charge >= 0.3 is 0 Å². The van der Waals surface area contributed by atoms with Gasteiger partial charge in [-0.25, -0.2) is 0 Å². The molecule has 0 saturated heterocycles. The van der Waals surface area contributed by atoms with E-state index in [1.54, 1.807) is 12.1 Å². The van der Waals surface area contributed by atoms with Crippen molar-refractivity contribution in [3.8, 4) is 0 Å². The van der Waals surface area contributed by atoms with Crippen LogP contribution in [0.5, 0.6) is 0 Å². The third-order valence-electron chi connectivity index (χ3n) is 3.11. The van der Waals surface area contributed by atoms with Crippen LogP contribution in [-0.2, 0) is 0 Å². The minimum absolute atomic E-state index is 0.352. The maximum atomic E-state index is 6.25. The molecule has 1 unspecified atom stereocenters. The first kappa shape index (κ1) is 14.0. The Morgan fingerprint density at radius 3 is 2.60 bits per heavy atom. The summed E-state index contributed by atoms with van der Waals surface area (Å²) in [6, 6.07) is 12.6. The maximum Gasteiger partial charge on any atom is 0.134 e. The number of fused-ring (bicyclic) bond motifs is 1. The zero-order valence-electron chi connectivity index (χ0n) is 10.2. The molecule has 3 aromatic rings. The minimum atomic E-state index is -0.352. The summed E-state index contributed by atoms with van der Waals surface area (Å²) in [7, 11) is 0. The van der Waals surface area contributed by atoms with Crippen LogP contribution in [0.1, 0.15) is 17.4 Å². The number of furan rings is 1. The summed E-state index contributed by atoms with van der Waals surface area (Å²) in [6.45, 7) is 0. The number of nitrogens with two attached hydrogens (primary N) is 1. The van der Waals surface area contributed by atoms with Crippen molar-refractivity contribution in [3.63, 3.8) is 0 Å². The van der Waals surface area contributed by atoms with Crippen LogP contribution in [0.4, 0.5) is 0 Å². The van der Waals surface area contributed by atoms with Crippen molar-refractivity contribution in [1.29, 1.82) is 0 Å². The largest absolute Gasteiger partial charge is 0.459 e. The van der Waals surface area contributed by atoms with Crippen molar-refractivity contribution >= 4 is 50.1 Å². The van der Waals surface area contributed by atoms with Gasteiger partial charge in [-0.05, 0) is 57.9 Å². The lowest BCUT2D eigenvalue weighted by Gasteiger charge is -2.10. The molecule has 102 valence electrons. The lowest BCUT2D eigenvalue weighted by Crippen LogP contribution is -2.10. The summed E-state index contributed by atoms with van der Waals surface area (Å²) in [5, 5.41) is 2.26. The molecule has 1 atom stereocenters. The van der Waals surface area contributed by atoms with Crippen molar-refractivity contribution in [1.82, 2.24) is 0 Å². The quantitative estimate of drug-likeness (QED) is 0.642. The van der Waals surface area contributed by atoms with Crippen LogP contribution in [0, 0.1) is 0 Å². The first-order valence-corrected chi connectivity index (χ1v) is 7.49. The van der Waals surface area contributed by atoms with E-state index in [2.05, 4.69) is 15.9 Å². The molecule has 0 aliphatic rings. The van der Waals surface area contributed by atoms with E-state index < -0.39 is 0 Å². The van der Waals surface area contributed by atoms with E-state index in [-0.39, 0.29) is 6.04 Å². The van der Waals surface area contributed by atoms with Gasteiger partial charge in [-0.1, -0.05) is 29.3 Å². The van der Waals surface area contributed by atoms with E-state index in [0.717, 1.165) is 21.0 Å². The maximum absolute atomic E-state index is 6.25. The SMILES string of the molecule is NC(c1ccc(Cl)c(Br)c1)c1cc2cc(Cl)ccc2o1. The molecule has 2 nitrogen and oxygen atoms in total. The van der Waals surface area contributed by atoms with Crippen molar-refractivity contribution in [3.05, 3.63) is 68.3 Å². The third kappa shape index (κ3) is 2.59. The smallest absolute Gasteiger partial charge is 0.134 e. The van der Waals surface area contributed by atoms with E-state index >= 15 is 0 Å². The Balaban J connectivity index is 2.02. The van der Waals surface area contributed by atoms with Gasteiger partial charge in [0.15, 0.2) is 0 Å². The molecule has 0 amide bonds. The number of hydrogen-bond donors (Lipinski definition) is 1. The van der Waals surface area contributed by atoms with Gasteiger partial charge in [0.1, 0.15) is 11.3 Å². The van der Waals surface area contributed by atoms with Crippen LogP contribution in [0.25, 0.3) is 11.0 Å². The fourth-order valence-corrected chi connectivity index (χ4v) is 2.75.